The Labute approximate surface area is 233 Å². The number of carbonyl (C=O) groups excluding carboxylic acids is 2. The molecule has 0 atom stereocenters. The zero-order chi connectivity index (χ0) is 28.3. The van der Waals surface area contributed by atoms with Crippen LogP contribution in [0.2, 0.25) is 0 Å². The van der Waals surface area contributed by atoms with Crippen LogP contribution in [-0.2, 0) is 4.79 Å². The SMILES string of the molecule is COc1ccccc1/C=C/C(=O)c1ccc(OCCCN2C(=O)/C=C/C(C)(C)C/C=C(\C)CC/C=C/2C)cc1. The summed E-state index contributed by atoms with van der Waals surface area (Å²) in [4.78, 5) is 27.5. The highest BCUT2D eigenvalue weighted by atomic mass is 16.5. The first-order chi connectivity index (χ1) is 18.7. The number of allylic oxidation sites excluding steroid dienone is 6. The van der Waals surface area contributed by atoms with Crippen molar-refractivity contribution in [3.05, 3.63) is 101 Å². The zero-order valence-electron chi connectivity index (χ0n) is 23.9. The van der Waals surface area contributed by atoms with E-state index in [1.807, 2.05) is 42.2 Å². The maximum absolute atomic E-state index is 13.0. The van der Waals surface area contributed by atoms with E-state index in [0.717, 1.165) is 36.3 Å². The molecule has 1 aliphatic heterocycles. The lowest BCUT2D eigenvalue weighted by atomic mass is 9.87. The monoisotopic (exact) mass is 527 g/mol. The first kappa shape index (κ1) is 29.7. The van der Waals surface area contributed by atoms with Crippen molar-refractivity contribution in [1.29, 1.82) is 0 Å². The molecule has 0 bridgehead atoms. The summed E-state index contributed by atoms with van der Waals surface area (Å²) in [5, 5.41) is 0. The summed E-state index contributed by atoms with van der Waals surface area (Å²) < 4.78 is 11.2. The molecule has 1 heterocycles. The maximum Gasteiger partial charge on any atom is 0.250 e. The van der Waals surface area contributed by atoms with Crippen LogP contribution in [0.4, 0.5) is 0 Å². The minimum absolute atomic E-state index is 0.00198. The molecule has 1 amide bonds. The Bertz CT molecular complexity index is 1250. The minimum atomic E-state index is -0.0922. The second-order valence-corrected chi connectivity index (χ2v) is 10.6. The summed E-state index contributed by atoms with van der Waals surface area (Å²) in [5.41, 5.74) is 3.71. The van der Waals surface area contributed by atoms with E-state index < -0.39 is 0 Å². The average Bonchev–Trinajstić information content (AvgIpc) is 2.93. The third kappa shape index (κ3) is 9.43. The molecular formula is C34H41NO4. The highest BCUT2D eigenvalue weighted by molar-refractivity contribution is 6.07. The highest BCUT2D eigenvalue weighted by Gasteiger charge is 2.17. The van der Waals surface area contributed by atoms with E-state index in [9.17, 15) is 9.59 Å². The van der Waals surface area contributed by atoms with E-state index in [0.29, 0.717) is 30.9 Å². The number of rotatable bonds is 9. The van der Waals surface area contributed by atoms with Crippen LogP contribution in [-0.4, -0.2) is 36.9 Å². The van der Waals surface area contributed by atoms with Gasteiger partial charge in [0.25, 0.3) is 0 Å². The molecule has 0 aromatic heterocycles. The molecule has 206 valence electrons. The standard InChI is InChI=1S/C34H41NO4/c1-26-10-8-11-27(2)35(33(37)21-23-34(3,4)22-20-26)24-9-25-39-30-17-14-28(15-18-30)31(36)19-16-29-12-6-7-13-32(29)38-5/h6-7,11-21,23H,8-10,22,24-25H2,1-5H3/b19-16+,23-21+,26-20+,27-11+. The van der Waals surface area contributed by atoms with Crippen molar-refractivity contribution >= 4 is 17.8 Å². The van der Waals surface area contributed by atoms with Gasteiger partial charge in [-0.2, -0.15) is 0 Å². The van der Waals surface area contributed by atoms with E-state index in [-0.39, 0.29) is 17.1 Å². The number of para-hydroxylation sites is 1. The second kappa shape index (κ2) is 14.3. The predicted octanol–water partition coefficient (Wildman–Crippen LogP) is 7.81. The summed E-state index contributed by atoms with van der Waals surface area (Å²) in [6, 6.07) is 14.7. The molecule has 5 nitrogen and oxygen atoms in total. The van der Waals surface area contributed by atoms with Crippen LogP contribution in [0.15, 0.2) is 90.2 Å². The lowest BCUT2D eigenvalue weighted by Crippen LogP contribution is -2.30. The number of hydrogen-bond acceptors (Lipinski definition) is 4. The molecule has 0 radical (unpaired) electrons. The number of ether oxygens (including phenoxy) is 2. The van der Waals surface area contributed by atoms with Gasteiger partial charge in [0.2, 0.25) is 5.91 Å². The van der Waals surface area contributed by atoms with Crippen molar-refractivity contribution in [1.82, 2.24) is 4.90 Å². The molecule has 5 heteroatoms. The normalized spacial score (nSPS) is 19.7. The quantitative estimate of drug-likeness (QED) is 0.144. The molecule has 0 fully saturated rings. The van der Waals surface area contributed by atoms with Crippen molar-refractivity contribution in [2.75, 3.05) is 20.3 Å². The van der Waals surface area contributed by atoms with Crippen LogP contribution >= 0.6 is 0 Å². The van der Waals surface area contributed by atoms with E-state index in [2.05, 4.69) is 32.9 Å². The molecule has 2 aromatic carbocycles. The average molecular weight is 528 g/mol. The first-order valence-electron chi connectivity index (χ1n) is 13.6. The molecular weight excluding hydrogens is 486 g/mol. The number of benzene rings is 2. The number of amides is 1. The first-order valence-corrected chi connectivity index (χ1v) is 13.6. The molecule has 1 aliphatic rings. The fourth-order valence-corrected chi connectivity index (χ4v) is 4.27. The van der Waals surface area contributed by atoms with Crippen molar-refractivity contribution in [3.63, 3.8) is 0 Å². The summed E-state index contributed by atoms with van der Waals surface area (Å²) in [7, 11) is 1.61. The van der Waals surface area contributed by atoms with Gasteiger partial charge in [-0.1, -0.05) is 55.8 Å². The van der Waals surface area contributed by atoms with E-state index in [4.69, 9.17) is 9.47 Å². The fourth-order valence-electron chi connectivity index (χ4n) is 4.27. The Kier molecular flexibility index (Phi) is 10.9. The van der Waals surface area contributed by atoms with Crippen molar-refractivity contribution in [3.8, 4) is 11.5 Å². The Balaban J connectivity index is 1.55. The van der Waals surface area contributed by atoms with Gasteiger partial charge < -0.3 is 14.4 Å². The molecule has 0 spiro atoms. The third-order valence-electron chi connectivity index (χ3n) is 6.81. The van der Waals surface area contributed by atoms with Gasteiger partial charge in [0.15, 0.2) is 5.78 Å². The van der Waals surface area contributed by atoms with Gasteiger partial charge in [0.1, 0.15) is 11.5 Å². The molecule has 0 N–H and O–H groups in total. The number of methoxy groups -OCH3 is 1. The minimum Gasteiger partial charge on any atom is -0.496 e. The Hall–Kier alpha value is -3.86. The van der Waals surface area contributed by atoms with Gasteiger partial charge in [-0.25, -0.2) is 0 Å². The smallest absolute Gasteiger partial charge is 0.250 e. The highest BCUT2D eigenvalue weighted by Crippen LogP contribution is 2.25. The van der Waals surface area contributed by atoms with Crippen molar-refractivity contribution in [2.24, 2.45) is 5.41 Å². The summed E-state index contributed by atoms with van der Waals surface area (Å²) in [6.07, 6.45) is 15.0. The van der Waals surface area contributed by atoms with Crippen LogP contribution in [0, 0.1) is 5.41 Å². The molecule has 0 aliphatic carbocycles. The van der Waals surface area contributed by atoms with E-state index in [1.54, 1.807) is 49.6 Å². The van der Waals surface area contributed by atoms with Gasteiger partial charge in [0, 0.05) is 29.4 Å². The number of carbonyl (C=O) groups is 2. The Morgan fingerprint density at radius 2 is 1.79 bits per heavy atom. The van der Waals surface area contributed by atoms with Crippen molar-refractivity contribution in [2.45, 2.75) is 53.4 Å². The number of nitrogens with zero attached hydrogens (tertiary/aromatic N) is 1. The molecule has 3 rings (SSSR count). The van der Waals surface area contributed by atoms with E-state index in [1.165, 1.54) is 5.57 Å². The third-order valence-corrected chi connectivity index (χ3v) is 6.81. The molecule has 0 unspecified atom stereocenters. The Morgan fingerprint density at radius 3 is 2.54 bits per heavy atom. The van der Waals surface area contributed by atoms with Crippen LogP contribution in [0.5, 0.6) is 11.5 Å². The van der Waals surface area contributed by atoms with Gasteiger partial charge in [-0.3, -0.25) is 9.59 Å². The van der Waals surface area contributed by atoms with E-state index >= 15 is 0 Å². The number of ketones is 1. The zero-order valence-corrected chi connectivity index (χ0v) is 23.9. The topological polar surface area (TPSA) is 55.8 Å². The largest absolute Gasteiger partial charge is 0.496 e. The molecule has 39 heavy (non-hydrogen) atoms. The predicted molar refractivity (Wildman–Crippen MR) is 159 cm³/mol. The summed E-state index contributed by atoms with van der Waals surface area (Å²) in [5.74, 6) is 1.32. The maximum atomic E-state index is 13.0. The number of hydrogen-bond donors (Lipinski definition) is 0. The van der Waals surface area contributed by atoms with Crippen LogP contribution in [0.25, 0.3) is 6.08 Å². The van der Waals surface area contributed by atoms with Crippen LogP contribution in [0.1, 0.15) is 69.3 Å². The lowest BCUT2D eigenvalue weighted by molar-refractivity contribution is -0.124. The molecule has 0 saturated heterocycles. The van der Waals surface area contributed by atoms with Crippen molar-refractivity contribution < 1.29 is 19.1 Å². The fraction of sp³-hybridized carbons (Fsp3) is 0.353. The molecule has 0 saturated carbocycles. The van der Waals surface area contributed by atoms with Crippen LogP contribution < -0.4 is 9.47 Å². The Morgan fingerprint density at radius 1 is 1.05 bits per heavy atom. The lowest BCUT2D eigenvalue weighted by Gasteiger charge is -2.24. The van der Waals surface area contributed by atoms with Gasteiger partial charge in [-0.15, -0.1) is 0 Å². The van der Waals surface area contributed by atoms with Gasteiger partial charge >= 0.3 is 0 Å². The molecule has 2 aromatic rings. The van der Waals surface area contributed by atoms with Gasteiger partial charge in [0.05, 0.1) is 13.7 Å². The second-order valence-electron chi connectivity index (χ2n) is 10.6. The summed E-state index contributed by atoms with van der Waals surface area (Å²) in [6.45, 7) is 9.53. The summed E-state index contributed by atoms with van der Waals surface area (Å²) >= 11 is 0. The van der Waals surface area contributed by atoms with Crippen LogP contribution in [0.3, 0.4) is 0 Å². The van der Waals surface area contributed by atoms with Gasteiger partial charge in [-0.05, 0) is 87.4 Å².